The summed E-state index contributed by atoms with van der Waals surface area (Å²) in [7, 11) is 3.18. The van der Waals surface area contributed by atoms with Gasteiger partial charge < -0.3 is 14.2 Å². The molecule has 0 saturated carbocycles. The second-order valence-electron chi connectivity index (χ2n) is 5.87. The highest BCUT2D eigenvalue weighted by Crippen LogP contribution is 2.45. The van der Waals surface area contributed by atoms with Gasteiger partial charge in [-0.05, 0) is 41.2 Å². The summed E-state index contributed by atoms with van der Waals surface area (Å²) >= 11 is 3.47. The highest BCUT2D eigenvalue weighted by Gasteiger charge is 2.37. The Morgan fingerprint density at radius 2 is 2.24 bits per heavy atom. The standard InChI is InChI=1S/C17H25BrN4O3/c1-6-17(3,8-7-9-21-22-19)16(25-11-23-4)14-15(24-5)12(2)13(18)10-20-14/h6,10,16H,1,7-9,11H2,2-5H3. The third kappa shape index (κ3) is 5.44. The molecule has 1 aromatic heterocycles. The molecule has 0 aromatic carbocycles. The molecule has 0 fully saturated rings. The fourth-order valence-electron chi connectivity index (χ4n) is 2.66. The first-order chi connectivity index (χ1) is 11.9. The Hall–Kier alpha value is -1.60. The van der Waals surface area contributed by atoms with Crippen LogP contribution >= 0.6 is 15.9 Å². The van der Waals surface area contributed by atoms with Gasteiger partial charge in [0.05, 0.1) is 7.11 Å². The van der Waals surface area contributed by atoms with E-state index in [0.717, 1.165) is 10.0 Å². The molecule has 1 aromatic rings. The lowest BCUT2D eigenvalue weighted by Crippen LogP contribution is -2.28. The van der Waals surface area contributed by atoms with E-state index in [1.54, 1.807) is 20.4 Å². The highest BCUT2D eigenvalue weighted by molar-refractivity contribution is 9.10. The van der Waals surface area contributed by atoms with Gasteiger partial charge in [0, 0.05) is 40.2 Å². The zero-order valence-electron chi connectivity index (χ0n) is 15.2. The number of pyridine rings is 1. The van der Waals surface area contributed by atoms with Gasteiger partial charge in [-0.3, -0.25) is 4.98 Å². The zero-order chi connectivity index (χ0) is 18.9. The molecule has 1 heterocycles. The van der Waals surface area contributed by atoms with Gasteiger partial charge in [-0.1, -0.05) is 18.1 Å². The maximum Gasteiger partial charge on any atom is 0.147 e. The van der Waals surface area contributed by atoms with Gasteiger partial charge >= 0.3 is 0 Å². The zero-order valence-corrected chi connectivity index (χ0v) is 16.7. The summed E-state index contributed by atoms with van der Waals surface area (Å²) in [5, 5.41) is 3.60. The molecule has 7 nitrogen and oxygen atoms in total. The predicted octanol–water partition coefficient (Wildman–Crippen LogP) is 5.11. The van der Waals surface area contributed by atoms with Crippen LogP contribution < -0.4 is 4.74 Å². The number of ether oxygens (including phenoxy) is 3. The smallest absolute Gasteiger partial charge is 0.147 e. The molecule has 0 amide bonds. The van der Waals surface area contributed by atoms with Gasteiger partial charge in [0.2, 0.25) is 0 Å². The van der Waals surface area contributed by atoms with Crippen LogP contribution in [0.15, 0.2) is 28.4 Å². The van der Waals surface area contributed by atoms with Crippen molar-refractivity contribution in [2.45, 2.75) is 32.8 Å². The van der Waals surface area contributed by atoms with E-state index in [9.17, 15) is 0 Å². The number of methoxy groups -OCH3 is 2. The first kappa shape index (κ1) is 21.4. The van der Waals surface area contributed by atoms with Crippen molar-refractivity contribution in [3.8, 4) is 5.75 Å². The number of halogens is 1. The molecule has 138 valence electrons. The fourth-order valence-corrected chi connectivity index (χ4v) is 2.94. The maximum atomic E-state index is 8.45. The second-order valence-corrected chi connectivity index (χ2v) is 6.73. The van der Waals surface area contributed by atoms with Crippen LogP contribution in [0.2, 0.25) is 0 Å². The first-order valence-corrected chi connectivity index (χ1v) is 8.68. The Balaban J connectivity index is 3.28. The van der Waals surface area contributed by atoms with Gasteiger partial charge in [0.15, 0.2) is 0 Å². The van der Waals surface area contributed by atoms with Crippen LogP contribution in [0.4, 0.5) is 0 Å². The largest absolute Gasteiger partial charge is 0.494 e. The van der Waals surface area contributed by atoms with Crippen molar-refractivity contribution in [3.63, 3.8) is 0 Å². The molecule has 0 aliphatic rings. The van der Waals surface area contributed by atoms with E-state index in [0.29, 0.717) is 30.8 Å². The Morgan fingerprint density at radius 1 is 1.52 bits per heavy atom. The summed E-state index contributed by atoms with van der Waals surface area (Å²) < 4.78 is 17.5. The summed E-state index contributed by atoms with van der Waals surface area (Å²) in [5.41, 5.74) is 9.64. The van der Waals surface area contributed by atoms with Crippen LogP contribution in [0.5, 0.6) is 5.75 Å². The predicted molar refractivity (Wildman–Crippen MR) is 100 cm³/mol. The molecule has 0 aliphatic carbocycles. The van der Waals surface area contributed by atoms with Crippen molar-refractivity contribution in [1.82, 2.24) is 4.98 Å². The molecule has 0 N–H and O–H groups in total. The van der Waals surface area contributed by atoms with E-state index in [1.807, 2.05) is 19.9 Å². The van der Waals surface area contributed by atoms with Crippen molar-refractivity contribution >= 4 is 15.9 Å². The molecule has 25 heavy (non-hydrogen) atoms. The van der Waals surface area contributed by atoms with Crippen molar-refractivity contribution in [2.24, 2.45) is 10.5 Å². The molecular weight excluding hydrogens is 388 g/mol. The molecule has 2 atom stereocenters. The fraction of sp³-hybridized carbons (Fsp3) is 0.588. The molecule has 0 spiro atoms. The van der Waals surface area contributed by atoms with Crippen LogP contribution in [0.3, 0.4) is 0 Å². The molecule has 0 bridgehead atoms. The lowest BCUT2D eigenvalue weighted by atomic mass is 9.78. The van der Waals surface area contributed by atoms with Crippen molar-refractivity contribution in [3.05, 3.63) is 45.0 Å². The van der Waals surface area contributed by atoms with Crippen LogP contribution in [-0.2, 0) is 9.47 Å². The molecule has 8 heteroatoms. The van der Waals surface area contributed by atoms with E-state index < -0.39 is 11.5 Å². The molecule has 0 aliphatic heterocycles. The van der Waals surface area contributed by atoms with Gasteiger partial charge in [-0.2, -0.15) is 0 Å². The Morgan fingerprint density at radius 3 is 2.80 bits per heavy atom. The molecule has 1 rings (SSSR count). The summed E-state index contributed by atoms with van der Waals surface area (Å²) in [6.07, 6.45) is 4.58. The van der Waals surface area contributed by atoms with E-state index in [-0.39, 0.29) is 6.79 Å². The third-order valence-corrected chi connectivity index (χ3v) is 4.96. The SMILES string of the molecule is C=CC(C)(CCCN=[N+]=[N-])C(OCOC)c1ncc(Br)c(C)c1OC. The summed E-state index contributed by atoms with van der Waals surface area (Å²) in [6.45, 7) is 8.50. The second kappa shape index (κ2) is 10.4. The monoisotopic (exact) mass is 412 g/mol. The van der Waals surface area contributed by atoms with Crippen LogP contribution in [-0.4, -0.2) is 32.5 Å². The van der Waals surface area contributed by atoms with Gasteiger partial charge in [0.1, 0.15) is 24.3 Å². The first-order valence-electron chi connectivity index (χ1n) is 7.89. The summed E-state index contributed by atoms with van der Waals surface area (Å²) in [4.78, 5) is 7.33. The average Bonchev–Trinajstić information content (AvgIpc) is 2.62. The quantitative estimate of drug-likeness (QED) is 0.126. The lowest BCUT2D eigenvalue weighted by molar-refractivity contribution is -0.111. The number of rotatable bonds is 11. The minimum atomic E-state index is -0.440. The Labute approximate surface area is 157 Å². The number of azide groups is 1. The number of aromatic nitrogens is 1. The molecular formula is C17H25BrN4O3. The Kier molecular flexibility index (Phi) is 8.92. The Bertz CT molecular complexity index is 635. The maximum absolute atomic E-state index is 8.45. The highest BCUT2D eigenvalue weighted by atomic mass is 79.9. The molecule has 2 unspecified atom stereocenters. The minimum absolute atomic E-state index is 0.115. The van der Waals surface area contributed by atoms with E-state index >= 15 is 0 Å². The normalized spacial score (nSPS) is 14.3. The van der Waals surface area contributed by atoms with E-state index in [1.165, 1.54) is 0 Å². The molecule has 0 radical (unpaired) electrons. The summed E-state index contributed by atoms with van der Waals surface area (Å²) in [5.74, 6) is 0.665. The van der Waals surface area contributed by atoms with E-state index in [2.05, 4.69) is 37.5 Å². The molecule has 0 saturated heterocycles. The van der Waals surface area contributed by atoms with Gasteiger partial charge in [-0.15, -0.1) is 6.58 Å². The van der Waals surface area contributed by atoms with Crippen LogP contribution in [0.1, 0.15) is 37.1 Å². The van der Waals surface area contributed by atoms with Crippen molar-refractivity contribution in [1.29, 1.82) is 0 Å². The minimum Gasteiger partial charge on any atom is -0.494 e. The topological polar surface area (TPSA) is 89.3 Å². The van der Waals surface area contributed by atoms with Gasteiger partial charge in [0.25, 0.3) is 0 Å². The van der Waals surface area contributed by atoms with Gasteiger partial charge in [-0.25, -0.2) is 0 Å². The van der Waals surface area contributed by atoms with Crippen molar-refractivity contribution < 1.29 is 14.2 Å². The lowest BCUT2D eigenvalue weighted by Gasteiger charge is -2.35. The van der Waals surface area contributed by atoms with Crippen LogP contribution in [0.25, 0.3) is 10.4 Å². The number of nitrogens with zero attached hydrogens (tertiary/aromatic N) is 4. The average molecular weight is 413 g/mol. The van der Waals surface area contributed by atoms with Crippen LogP contribution in [0, 0.1) is 12.3 Å². The number of hydrogen-bond donors (Lipinski definition) is 0. The summed E-state index contributed by atoms with van der Waals surface area (Å²) in [6, 6.07) is 0. The third-order valence-electron chi connectivity index (χ3n) is 4.16. The van der Waals surface area contributed by atoms with Crippen molar-refractivity contribution in [2.75, 3.05) is 27.6 Å². The van der Waals surface area contributed by atoms with E-state index in [4.69, 9.17) is 19.7 Å². The number of hydrogen-bond acceptors (Lipinski definition) is 5.